The van der Waals surface area contributed by atoms with Gasteiger partial charge in [-0.3, -0.25) is 9.59 Å². The molecule has 1 unspecified atom stereocenters. The summed E-state index contributed by atoms with van der Waals surface area (Å²) >= 11 is 0. The van der Waals surface area contributed by atoms with E-state index in [1.165, 1.54) is 7.11 Å². The van der Waals surface area contributed by atoms with Crippen LogP contribution in [-0.2, 0) is 19.1 Å². The number of hydrogen-bond acceptors (Lipinski definition) is 5. The van der Waals surface area contributed by atoms with E-state index < -0.39 is 17.5 Å². The molecule has 0 saturated carbocycles. The van der Waals surface area contributed by atoms with Crippen molar-refractivity contribution in [2.75, 3.05) is 13.7 Å². The summed E-state index contributed by atoms with van der Waals surface area (Å²) in [6, 6.07) is 0. The van der Waals surface area contributed by atoms with Crippen LogP contribution in [0.1, 0.15) is 33.6 Å². The van der Waals surface area contributed by atoms with E-state index in [0.717, 1.165) is 0 Å². The average Bonchev–Trinajstić information content (AvgIpc) is 2.25. The van der Waals surface area contributed by atoms with Crippen molar-refractivity contribution in [3.8, 4) is 0 Å². The Bertz CT molecular complexity index is 247. The molecule has 1 atom stereocenters. The lowest BCUT2D eigenvalue weighted by Crippen LogP contribution is -2.30. The largest absolute Gasteiger partial charge is 0.469 e. The van der Waals surface area contributed by atoms with Crippen molar-refractivity contribution in [2.24, 2.45) is 5.41 Å². The second-order valence-corrected chi connectivity index (χ2v) is 4.27. The molecule has 5 nitrogen and oxygen atoms in total. The van der Waals surface area contributed by atoms with Crippen LogP contribution >= 0.6 is 0 Å². The molecule has 0 radical (unpaired) electrons. The van der Waals surface area contributed by atoms with E-state index in [9.17, 15) is 14.7 Å². The standard InChI is InChI=1S/C11H20O5/c1-5-11(2,3)10(14)16-7-8(12)6-9(13)15-4/h8,12H,5-7H2,1-4H3. The van der Waals surface area contributed by atoms with E-state index >= 15 is 0 Å². The first-order valence-electron chi connectivity index (χ1n) is 5.25. The van der Waals surface area contributed by atoms with Gasteiger partial charge in [0.25, 0.3) is 0 Å². The molecule has 0 aliphatic rings. The number of carbonyl (C=O) groups excluding carboxylic acids is 2. The molecule has 0 aliphatic heterocycles. The number of hydrogen-bond donors (Lipinski definition) is 1. The maximum atomic E-state index is 11.5. The Morgan fingerprint density at radius 2 is 1.94 bits per heavy atom. The lowest BCUT2D eigenvalue weighted by atomic mass is 9.91. The predicted molar refractivity (Wildman–Crippen MR) is 57.7 cm³/mol. The van der Waals surface area contributed by atoms with E-state index in [1.807, 2.05) is 6.92 Å². The number of rotatable bonds is 6. The maximum absolute atomic E-state index is 11.5. The molecule has 94 valence electrons. The fourth-order valence-electron chi connectivity index (χ4n) is 0.846. The van der Waals surface area contributed by atoms with Crippen LogP contribution in [0.5, 0.6) is 0 Å². The highest BCUT2D eigenvalue weighted by Crippen LogP contribution is 2.21. The molecule has 0 aliphatic carbocycles. The van der Waals surface area contributed by atoms with Crippen LogP contribution in [0, 0.1) is 5.41 Å². The van der Waals surface area contributed by atoms with Crippen molar-refractivity contribution >= 4 is 11.9 Å². The highest BCUT2D eigenvalue weighted by Gasteiger charge is 2.27. The quantitative estimate of drug-likeness (QED) is 0.688. The zero-order valence-corrected chi connectivity index (χ0v) is 10.3. The van der Waals surface area contributed by atoms with Crippen molar-refractivity contribution in [1.29, 1.82) is 0 Å². The molecule has 16 heavy (non-hydrogen) atoms. The van der Waals surface area contributed by atoms with Crippen LogP contribution in [-0.4, -0.2) is 36.9 Å². The highest BCUT2D eigenvalue weighted by molar-refractivity contribution is 5.76. The molecule has 0 rings (SSSR count). The first-order valence-corrected chi connectivity index (χ1v) is 5.25. The van der Waals surface area contributed by atoms with Gasteiger partial charge in [-0.05, 0) is 20.3 Å². The van der Waals surface area contributed by atoms with Crippen molar-refractivity contribution in [2.45, 2.75) is 39.7 Å². The molecule has 0 amide bonds. The Kier molecular flexibility index (Phi) is 6.03. The summed E-state index contributed by atoms with van der Waals surface area (Å²) in [6.07, 6.45) is -0.529. The summed E-state index contributed by atoms with van der Waals surface area (Å²) in [4.78, 5) is 22.3. The van der Waals surface area contributed by atoms with Gasteiger partial charge in [0.15, 0.2) is 0 Å². The Balaban J connectivity index is 3.97. The zero-order valence-electron chi connectivity index (χ0n) is 10.3. The summed E-state index contributed by atoms with van der Waals surface area (Å²) in [5.74, 6) is -0.905. The van der Waals surface area contributed by atoms with Gasteiger partial charge >= 0.3 is 11.9 Å². The van der Waals surface area contributed by atoms with Gasteiger partial charge in [0.1, 0.15) is 6.61 Å². The van der Waals surface area contributed by atoms with Crippen molar-refractivity contribution in [1.82, 2.24) is 0 Å². The second kappa shape index (κ2) is 6.48. The van der Waals surface area contributed by atoms with Crippen LogP contribution < -0.4 is 0 Å². The Morgan fingerprint density at radius 3 is 2.38 bits per heavy atom. The monoisotopic (exact) mass is 232 g/mol. The SMILES string of the molecule is CCC(C)(C)C(=O)OCC(O)CC(=O)OC. The highest BCUT2D eigenvalue weighted by atomic mass is 16.5. The molecule has 0 fully saturated rings. The summed E-state index contributed by atoms with van der Waals surface area (Å²) in [5.41, 5.74) is -0.564. The first-order chi connectivity index (χ1) is 7.33. The Morgan fingerprint density at radius 1 is 1.38 bits per heavy atom. The second-order valence-electron chi connectivity index (χ2n) is 4.27. The minimum absolute atomic E-state index is 0.170. The number of carbonyl (C=O) groups is 2. The lowest BCUT2D eigenvalue weighted by Gasteiger charge is -2.21. The van der Waals surface area contributed by atoms with E-state index in [4.69, 9.17) is 4.74 Å². The lowest BCUT2D eigenvalue weighted by molar-refractivity contribution is -0.159. The van der Waals surface area contributed by atoms with Gasteiger partial charge in [-0.2, -0.15) is 0 Å². The van der Waals surface area contributed by atoms with Crippen LogP contribution in [0.3, 0.4) is 0 Å². The fraction of sp³-hybridized carbons (Fsp3) is 0.818. The summed E-state index contributed by atoms with van der Waals surface area (Å²) in [6.45, 7) is 5.23. The molecule has 0 heterocycles. The molecule has 0 bridgehead atoms. The van der Waals surface area contributed by atoms with Crippen molar-refractivity contribution < 1.29 is 24.2 Å². The third-order valence-corrected chi connectivity index (χ3v) is 2.47. The number of methoxy groups -OCH3 is 1. The van der Waals surface area contributed by atoms with Crippen LogP contribution in [0.15, 0.2) is 0 Å². The van der Waals surface area contributed by atoms with Gasteiger partial charge in [0.2, 0.25) is 0 Å². The van der Waals surface area contributed by atoms with Gasteiger partial charge in [0.05, 0.1) is 25.0 Å². The maximum Gasteiger partial charge on any atom is 0.311 e. The first kappa shape index (κ1) is 14.9. The normalized spacial score (nSPS) is 13.1. The predicted octanol–water partition coefficient (Wildman–Crippen LogP) is 0.890. The molecule has 1 N–H and O–H groups in total. The van der Waals surface area contributed by atoms with E-state index in [0.29, 0.717) is 6.42 Å². The minimum atomic E-state index is -1.01. The van der Waals surface area contributed by atoms with Crippen LogP contribution in [0.4, 0.5) is 0 Å². The number of aliphatic hydroxyl groups is 1. The number of aliphatic hydroxyl groups excluding tert-OH is 1. The average molecular weight is 232 g/mol. The van der Waals surface area contributed by atoms with Crippen LogP contribution in [0.25, 0.3) is 0 Å². The topological polar surface area (TPSA) is 72.8 Å². The summed E-state index contributed by atoms with van der Waals surface area (Å²) in [7, 11) is 1.24. The van der Waals surface area contributed by atoms with Crippen molar-refractivity contribution in [3.05, 3.63) is 0 Å². The van der Waals surface area contributed by atoms with E-state index in [2.05, 4.69) is 4.74 Å². The summed E-state index contributed by atoms with van der Waals surface area (Å²) in [5, 5.41) is 9.36. The van der Waals surface area contributed by atoms with Gasteiger partial charge in [-0.15, -0.1) is 0 Å². The van der Waals surface area contributed by atoms with Gasteiger partial charge in [-0.25, -0.2) is 0 Å². The smallest absolute Gasteiger partial charge is 0.311 e. The Labute approximate surface area is 95.7 Å². The molecule has 0 aromatic carbocycles. The van der Waals surface area contributed by atoms with E-state index in [-0.39, 0.29) is 19.0 Å². The molecule has 0 aromatic heterocycles. The van der Waals surface area contributed by atoms with Crippen molar-refractivity contribution in [3.63, 3.8) is 0 Å². The zero-order chi connectivity index (χ0) is 12.8. The molecular weight excluding hydrogens is 212 g/mol. The molecular formula is C11H20O5. The molecule has 0 saturated heterocycles. The third kappa shape index (κ3) is 5.11. The molecule has 5 heteroatoms. The van der Waals surface area contributed by atoms with E-state index in [1.54, 1.807) is 13.8 Å². The van der Waals surface area contributed by atoms with Crippen LogP contribution in [0.2, 0.25) is 0 Å². The number of ether oxygens (including phenoxy) is 2. The Hall–Kier alpha value is -1.10. The summed E-state index contributed by atoms with van der Waals surface area (Å²) < 4.78 is 9.28. The van der Waals surface area contributed by atoms with Gasteiger partial charge < -0.3 is 14.6 Å². The third-order valence-electron chi connectivity index (χ3n) is 2.47. The molecule has 0 spiro atoms. The van der Waals surface area contributed by atoms with Gasteiger partial charge in [0, 0.05) is 0 Å². The fourth-order valence-corrected chi connectivity index (χ4v) is 0.846. The minimum Gasteiger partial charge on any atom is -0.469 e. The number of esters is 2. The molecule has 0 aromatic rings. The van der Waals surface area contributed by atoms with Gasteiger partial charge in [-0.1, -0.05) is 6.92 Å².